The van der Waals surface area contributed by atoms with Crippen LogP contribution in [0, 0.1) is 5.92 Å². The van der Waals surface area contributed by atoms with E-state index < -0.39 is 5.92 Å². The van der Waals surface area contributed by atoms with E-state index in [4.69, 9.17) is 16.3 Å². The molecule has 0 bridgehead atoms. The Morgan fingerprint density at radius 3 is 2.57 bits per heavy atom. The van der Waals surface area contributed by atoms with E-state index in [0.29, 0.717) is 58.5 Å². The minimum atomic E-state index is -0.429. The predicted octanol–water partition coefficient (Wildman–Crippen LogP) is 4.34. The average Bonchev–Trinajstić information content (AvgIpc) is 3.47. The van der Waals surface area contributed by atoms with Crippen LogP contribution in [0.1, 0.15) is 50.1 Å². The maximum absolute atomic E-state index is 12.7. The Labute approximate surface area is 309 Å². The number of aryl methyl sites for hydroxylation is 2. The lowest BCUT2D eigenvalue weighted by atomic mass is 9.86. The third-order valence-corrected chi connectivity index (χ3v) is 10.3. The van der Waals surface area contributed by atoms with Gasteiger partial charge in [-0.2, -0.15) is 10.1 Å². The number of imide groups is 1. The SMILES string of the molecule is CNC(=O)COc1cc2cc(Nc3nc(NC[C@H]4CC[C@@H](Nc5ccc6c(C7CCC(=O)NC7=O)nn(C)c6c5)CC4)ncc3Cl)ccc2n(C)c1=O. The van der Waals surface area contributed by atoms with Crippen LogP contribution < -0.4 is 36.9 Å². The molecule has 0 radical (unpaired) electrons. The molecule has 53 heavy (non-hydrogen) atoms. The second kappa shape index (κ2) is 15.1. The summed E-state index contributed by atoms with van der Waals surface area (Å²) in [5.41, 5.74) is 3.72. The van der Waals surface area contributed by atoms with Gasteiger partial charge in [-0.05, 0) is 80.5 Å². The zero-order valence-corrected chi connectivity index (χ0v) is 30.4. The zero-order valence-electron chi connectivity index (χ0n) is 29.7. The Hall–Kier alpha value is -5.70. The Bertz CT molecular complexity index is 2280. The van der Waals surface area contributed by atoms with Crippen molar-refractivity contribution in [2.45, 2.75) is 50.5 Å². The Morgan fingerprint density at radius 2 is 1.79 bits per heavy atom. The molecule has 2 fully saturated rings. The van der Waals surface area contributed by atoms with Gasteiger partial charge in [-0.15, -0.1) is 0 Å². The lowest BCUT2D eigenvalue weighted by molar-refractivity contribution is -0.134. The van der Waals surface area contributed by atoms with E-state index in [-0.39, 0.29) is 35.6 Å². The smallest absolute Gasteiger partial charge is 0.293 e. The van der Waals surface area contributed by atoms with E-state index in [1.165, 1.54) is 11.6 Å². The molecule has 2 aromatic carbocycles. The highest BCUT2D eigenvalue weighted by Crippen LogP contribution is 2.33. The number of pyridine rings is 1. The molecule has 5 aromatic rings. The number of nitrogens with one attached hydrogen (secondary N) is 5. The number of halogens is 1. The van der Waals surface area contributed by atoms with E-state index in [0.717, 1.165) is 54.2 Å². The van der Waals surface area contributed by atoms with Gasteiger partial charge in [-0.25, -0.2) is 4.98 Å². The number of rotatable bonds is 11. The topological polar surface area (TPSA) is 186 Å². The number of hydrogen-bond donors (Lipinski definition) is 5. The predicted molar refractivity (Wildman–Crippen MR) is 203 cm³/mol. The Kier molecular flexibility index (Phi) is 10.2. The maximum atomic E-state index is 12.7. The second-order valence-corrected chi connectivity index (χ2v) is 14.0. The fourth-order valence-corrected chi connectivity index (χ4v) is 7.23. The molecule has 1 aliphatic carbocycles. The van der Waals surface area contributed by atoms with Crippen LogP contribution in [-0.4, -0.2) is 68.3 Å². The Morgan fingerprint density at radius 1 is 1.00 bits per heavy atom. The number of benzene rings is 2. The van der Waals surface area contributed by atoms with Gasteiger partial charge in [0.25, 0.3) is 11.5 Å². The minimum absolute atomic E-state index is 0.0745. The maximum Gasteiger partial charge on any atom is 0.293 e. The fourth-order valence-electron chi connectivity index (χ4n) is 7.10. The van der Waals surface area contributed by atoms with Crippen molar-refractivity contribution in [1.29, 1.82) is 0 Å². The molecule has 15 nitrogen and oxygen atoms in total. The lowest BCUT2D eigenvalue weighted by Crippen LogP contribution is -2.39. The number of nitrogens with zero attached hydrogens (tertiary/aromatic N) is 5. The average molecular weight is 741 g/mol. The van der Waals surface area contributed by atoms with E-state index >= 15 is 0 Å². The number of aromatic nitrogens is 5. The van der Waals surface area contributed by atoms with Crippen molar-refractivity contribution in [2.24, 2.45) is 20.0 Å². The molecule has 3 aromatic heterocycles. The fraction of sp³-hybridized carbons (Fsp3) is 0.378. The van der Waals surface area contributed by atoms with Crippen LogP contribution in [0.25, 0.3) is 21.8 Å². The summed E-state index contributed by atoms with van der Waals surface area (Å²) in [5, 5.41) is 21.9. The van der Waals surface area contributed by atoms with Gasteiger partial charge in [-0.3, -0.25) is 29.2 Å². The summed E-state index contributed by atoms with van der Waals surface area (Å²) >= 11 is 6.48. The van der Waals surface area contributed by atoms with Gasteiger partial charge in [0, 0.05) is 62.3 Å². The number of carbonyl (C=O) groups excluding carboxylic acids is 3. The van der Waals surface area contributed by atoms with Crippen LogP contribution in [0.3, 0.4) is 0 Å². The molecule has 1 saturated heterocycles. The van der Waals surface area contributed by atoms with E-state index in [1.54, 1.807) is 24.0 Å². The van der Waals surface area contributed by atoms with Gasteiger partial charge in [0.05, 0.1) is 28.8 Å². The lowest BCUT2D eigenvalue weighted by Gasteiger charge is -2.30. The molecule has 16 heteroatoms. The van der Waals surface area contributed by atoms with Crippen LogP contribution in [-0.2, 0) is 28.5 Å². The van der Waals surface area contributed by atoms with Crippen molar-refractivity contribution in [3.05, 3.63) is 69.7 Å². The molecule has 0 spiro atoms. The van der Waals surface area contributed by atoms with Gasteiger partial charge >= 0.3 is 0 Å². The number of likely N-dealkylation sites (N-methyl/N-ethyl adjacent to an activating group) is 1. The molecular weight excluding hydrogens is 700 g/mol. The van der Waals surface area contributed by atoms with Crippen LogP contribution in [0.2, 0.25) is 5.02 Å². The first-order valence-electron chi connectivity index (χ1n) is 17.6. The minimum Gasteiger partial charge on any atom is -0.478 e. The molecule has 7 rings (SSSR count). The summed E-state index contributed by atoms with van der Waals surface area (Å²) in [4.78, 5) is 57.6. The first kappa shape index (κ1) is 35.7. The number of amides is 3. The number of hydrogen-bond acceptors (Lipinski definition) is 11. The number of fused-ring (bicyclic) bond motifs is 2. The third kappa shape index (κ3) is 7.75. The van der Waals surface area contributed by atoms with Crippen LogP contribution in [0.4, 0.5) is 23.1 Å². The molecule has 5 N–H and O–H groups in total. The number of piperidine rings is 1. The second-order valence-electron chi connectivity index (χ2n) is 13.6. The number of anilines is 4. The molecule has 4 heterocycles. The highest BCUT2D eigenvalue weighted by Gasteiger charge is 2.32. The third-order valence-electron chi connectivity index (χ3n) is 10.1. The van der Waals surface area contributed by atoms with E-state index in [1.807, 2.05) is 37.4 Å². The van der Waals surface area contributed by atoms with Crippen molar-refractivity contribution < 1.29 is 19.1 Å². The molecule has 1 aliphatic heterocycles. The molecule has 1 unspecified atom stereocenters. The summed E-state index contributed by atoms with van der Waals surface area (Å²) in [7, 11) is 5.03. The highest BCUT2D eigenvalue weighted by atomic mass is 35.5. The molecule has 3 amide bonds. The van der Waals surface area contributed by atoms with Crippen LogP contribution in [0.15, 0.2) is 53.5 Å². The quantitative estimate of drug-likeness (QED) is 0.121. The van der Waals surface area contributed by atoms with Gasteiger partial charge in [0.1, 0.15) is 5.02 Å². The van der Waals surface area contributed by atoms with E-state index in [9.17, 15) is 19.2 Å². The summed E-state index contributed by atoms with van der Waals surface area (Å²) < 4.78 is 8.76. The van der Waals surface area contributed by atoms with Gasteiger partial charge in [0.15, 0.2) is 18.2 Å². The van der Waals surface area contributed by atoms with Crippen molar-refractivity contribution >= 4 is 74.3 Å². The first-order chi connectivity index (χ1) is 25.6. The molecule has 2 aliphatic rings. The summed E-state index contributed by atoms with van der Waals surface area (Å²) in [5.74, 6) is 0.143. The van der Waals surface area contributed by atoms with E-state index in [2.05, 4.69) is 47.7 Å². The van der Waals surface area contributed by atoms with Crippen molar-refractivity contribution in [2.75, 3.05) is 36.1 Å². The number of carbonyl (C=O) groups is 3. The summed E-state index contributed by atoms with van der Waals surface area (Å²) in [6, 6.07) is 13.6. The van der Waals surface area contributed by atoms with Crippen molar-refractivity contribution in [3.63, 3.8) is 0 Å². The monoisotopic (exact) mass is 740 g/mol. The van der Waals surface area contributed by atoms with Gasteiger partial charge in [-0.1, -0.05) is 11.6 Å². The molecular formula is C37H41ClN10O5. The van der Waals surface area contributed by atoms with Crippen LogP contribution >= 0.6 is 11.6 Å². The van der Waals surface area contributed by atoms with Crippen LogP contribution in [0.5, 0.6) is 5.75 Å². The Balaban J connectivity index is 0.939. The summed E-state index contributed by atoms with van der Waals surface area (Å²) in [6.45, 7) is 0.460. The zero-order chi connectivity index (χ0) is 37.2. The summed E-state index contributed by atoms with van der Waals surface area (Å²) in [6.07, 6.45) is 6.43. The van der Waals surface area contributed by atoms with Gasteiger partial charge in [0.2, 0.25) is 17.8 Å². The standard InChI is InChI=1S/C37H41ClN10O5/c1-39-32(50)19-53-30-15-21-14-23(9-12-28(21)47(2)36(30)52)43-34-27(38)18-41-37(45-34)40-17-20-4-6-22(7-5-20)42-24-8-10-25-29(16-24)48(3)46-33(25)26-11-13-31(49)44-35(26)51/h8-10,12,14-16,18,20,22,26,42H,4-7,11,13,17,19H2,1-3H3,(H,39,50)(H,44,49,51)(H2,40,41,43,45)/t20-,22+,26?. The normalized spacial score (nSPS) is 18.8. The largest absolute Gasteiger partial charge is 0.478 e. The van der Waals surface area contributed by atoms with Gasteiger partial charge < -0.3 is 30.6 Å². The highest BCUT2D eigenvalue weighted by molar-refractivity contribution is 6.33. The first-order valence-corrected chi connectivity index (χ1v) is 18.0. The molecule has 1 saturated carbocycles. The molecule has 276 valence electrons. The van der Waals surface area contributed by atoms with Crippen molar-refractivity contribution in [1.82, 2.24) is 34.9 Å². The van der Waals surface area contributed by atoms with Crippen molar-refractivity contribution in [3.8, 4) is 5.75 Å². The number of ether oxygens (including phenoxy) is 1. The molecule has 1 atom stereocenters.